The van der Waals surface area contributed by atoms with Gasteiger partial charge in [-0.3, -0.25) is 9.48 Å². The summed E-state index contributed by atoms with van der Waals surface area (Å²) in [7, 11) is 0. The zero-order chi connectivity index (χ0) is 13.1. The summed E-state index contributed by atoms with van der Waals surface area (Å²) in [5.41, 5.74) is 1.22. The second kappa shape index (κ2) is 4.83. The zero-order valence-corrected chi connectivity index (χ0v) is 9.83. The highest BCUT2D eigenvalue weighted by atomic mass is 16.4. The number of aliphatic carboxylic acids is 1. The predicted molar refractivity (Wildman–Crippen MR) is 67.4 cm³/mol. The third kappa shape index (κ3) is 2.45. The highest BCUT2D eigenvalue weighted by Crippen LogP contribution is 2.09. The Kier molecular flexibility index (Phi) is 3.23. The van der Waals surface area contributed by atoms with Crippen molar-refractivity contribution in [1.82, 2.24) is 9.78 Å². The predicted octanol–water partition coefficient (Wildman–Crippen LogP) is 1.43. The van der Waals surface area contributed by atoms with Gasteiger partial charge in [-0.25, -0.2) is 4.79 Å². The van der Waals surface area contributed by atoms with Gasteiger partial charge in [0.1, 0.15) is 0 Å². The number of carboxylic acids is 1. The largest absolute Gasteiger partial charge is 0.478 e. The van der Waals surface area contributed by atoms with Gasteiger partial charge in [-0.15, -0.1) is 0 Å². The summed E-state index contributed by atoms with van der Waals surface area (Å²) in [4.78, 5) is 22.2. The van der Waals surface area contributed by atoms with Crippen LogP contribution in [-0.4, -0.2) is 20.9 Å². The molecule has 0 spiro atoms. The molecule has 0 saturated carbocycles. The average molecular weight is 244 g/mol. The van der Waals surface area contributed by atoms with E-state index in [1.807, 2.05) is 6.07 Å². The fraction of sp³-hybridized carbons (Fsp3) is 0.154. The van der Waals surface area contributed by atoms with Crippen molar-refractivity contribution in [3.63, 3.8) is 0 Å². The summed E-state index contributed by atoms with van der Waals surface area (Å²) >= 11 is 0. The molecule has 0 aliphatic carbocycles. The monoisotopic (exact) mass is 244 g/mol. The number of carboxylic acid groups (broad SMARTS) is 1. The first-order valence-corrected chi connectivity index (χ1v) is 5.43. The molecule has 0 saturated heterocycles. The average Bonchev–Trinajstić information content (AvgIpc) is 2.32. The second-order valence-electron chi connectivity index (χ2n) is 4.01. The lowest BCUT2D eigenvalue weighted by Crippen LogP contribution is -2.13. The minimum Gasteiger partial charge on any atom is -0.478 e. The van der Waals surface area contributed by atoms with E-state index in [1.54, 1.807) is 29.8 Å². The summed E-state index contributed by atoms with van der Waals surface area (Å²) in [6.45, 7) is 2.05. The molecule has 1 heterocycles. The molecule has 1 N–H and O–H groups in total. The van der Waals surface area contributed by atoms with E-state index in [0.717, 1.165) is 6.08 Å². The minimum atomic E-state index is -0.988. The third-order valence-corrected chi connectivity index (χ3v) is 2.53. The highest BCUT2D eigenvalue weighted by Gasteiger charge is 2.04. The molecule has 0 bridgehead atoms. The van der Waals surface area contributed by atoms with E-state index in [0.29, 0.717) is 23.0 Å². The number of para-hydroxylation sites is 1. The molecule has 5 heteroatoms. The molecule has 0 aliphatic rings. The van der Waals surface area contributed by atoms with Crippen molar-refractivity contribution >= 4 is 16.9 Å². The van der Waals surface area contributed by atoms with E-state index in [9.17, 15) is 9.59 Å². The number of nitrogens with zero attached hydrogens (tertiary/aromatic N) is 2. The molecule has 1 aromatic carbocycles. The number of aromatic nitrogens is 2. The topological polar surface area (TPSA) is 72.2 Å². The Balaban J connectivity index is 2.50. The summed E-state index contributed by atoms with van der Waals surface area (Å²) in [6.07, 6.45) is 2.38. The number of hydrogen-bond acceptors (Lipinski definition) is 3. The van der Waals surface area contributed by atoms with Crippen LogP contribution in [0.25, 0.3) is 10.9 Å². The van der Waals surface area contributed by atoms with Crippen LogP contribution in [0.4, 0.5) is 0 Å². The molecule has 0 atom stereocenters. The third-order valence-electron chi connectivity index (χ3n) is 2.53. The molecule has 5 nitrogen and oxygen atoms in total. The SMILES string of the molecule is CC(=CC(=O)O)Cn1ncc(=O)c2ccccc21. The lowest BCUT2D eigenvalue weighted by molar-refractivity contribution is -0.131. The number of benzene rings is 1. The molecular weight excluding hydrogens is 232 g/mol. The van der Waals surface area contributed by atoms with Crippen LogP contribution in [0.5, 0.6) is 0 Å². The van der Waals surface area contributed by atoms with Crippen molar-refractivity contribution in [3.05, 3.63) is 52.3 Å². The fourth-order valence-corrected chi connectivity index (χ4v) is 1.78. The smallest absolute Gasteiger partial charge is 0.328 e. The first-order valence-electron chi connectivity index (χ1n) is 5.43. The van der Waals surface area contributed by atoms with E-state index in [4.69, 9.17) is 5.11 Å². The number of hydrogen-bond donors (Lipinski definition) is 1. The maximum atomic E-state index is 11.6. The van der Waals surface area contributed by atoms with Gasteiger partial charge in [-0.05, 0) is 24.6 Å². The Bertz CT molecular complexity index is 686. The van der Waals surface area contributed by atoms with Crippen molar-refractivity contribution < 1.29 is 9.90 Å². The van der Waals surface area contributed by atoms with Gasteiger partial charge in [-0.1, -0.05) is 12.1 Å². The molecule has 2 rings (SSSR count). The molecule has 18 heavy (non-hydrogen) atoms. The maximum Gasteiger partial charge on any atom is 0.328 e. The van der Waals surface area contributed by atoms with Crippen LogP contribution < -0.4 is 5.43 Å². The van der Waals surface area contributed by atoms with Gasteiger partial charge in [0.15, 0.2) is 0 Å². The summed E-state index contributed by atoms with van der Waals surface area (Å²) in [6, 6.07) is 7.12. The molecule has 0 aliphatic heterocycles. The maximum absolute atomic E-state index is 11.6. The van der Waals surface area contributed by atoms with Crippen molar-refractivity contribution in [1.29, 1.82) is 0 Å². The van der Waals surface area contributed by atoms with E-state index < -0.39 is 5.97 Å². The molecular formula is C13H12N2O3. The second-order valence-corrected chi connectivity index (χ2v) is 4.01. The van der Waals surface area contributed by atoms with Crippen LogP contribution in [0.3, 0.4) is 0 Å². The van der Waals surface area contributed by atoms with Crippen LogP contribution in [0.2, 0.25) is 0 Å². The highest BCUT2D eigenvalue weighted by molar-refractivity contribution is 5.81. The lowest BCUT2D eigenvalue weighted by Gasteiger charge is -2.08. The fourth-order valence-electron chi connectivity index (χ4n) is 1.78. The van der Waals surface area contributed by atoms with Crippen molar-refractivity contribution in [2.75, 3.05) is 0 Å². The van der Waals surface area contributed by atoms with E-state index in [1.165, 1.54) is 6.20 Å². The standard InChI is InChI=1S/C13H12N2O3/c1-9(6-13(17)18)8-15-11-5-3-2-4-10(11)12(16)7-14-15/h2-7H,8H2,1H3,(H,17,18). The van der Waals surface area contributed by atoms with Crippen LogP contribution in [-0.2, 0) is 11.3 Å². The van der Waals surface area contributed by atoms with Crippen molar-refractivity contribution in [2.24, 2.45) is 0 Å². The van der Waals surface area contributed by atoms with Gasteiger partial charge in [0.25, 0.3) is 0 Å². The molecule has 0 unspecified atom stereocenters. The Hall–Kier alpha value is -2.43. The van der Waals surface area contributed by atoms with Crippen molar-refractivity contribution in [3.8, 4) is 0 Å². The lowest BCUT2D eigenvalue weighted by atomic mass is 10.2. The number of fused-ring (bicyclic) bond motifs is 1. The van der Waals surface area contributed by atoms with Crippen molar-refractivity contribution in [2.45, 2.75) is 13.5 Å². The van der Waals surface area contributed by atoms with Gasteiger partial charge < -0.3 is 5.11 Å². The van der Waals surface area contributed by atoms with E-state index >= 15 is 0 Å². The van der Waals surface area contributed by atoms with Gasteiger partial charge in [0, 0.05) is 11.5 Å². The molecule has 1 aromatic heterocycles. The van der Waals surface area contributed by atoms with Gasteiger partial charge >= 0.3 is 5.97 Å². The van der Waals surface area contributed by atoms with Gasteiger partial charge in [0.2, 0.25) is 5.43 Å². The summed E-state index contributed by atoms with van der Waals surface area (Å²) in [5, 5.41) is 13.3. The Morgan fingerprint density at radius 1 is 1.44 bits per heavy atom. The normalized spacial score (nSPS) is 11.7. The Morgan fingerprint density at radius 2 is 2.17 bits per heavy atom. The zero-order valence-electron chi connectivity index (χ0n) is 9.83. The molecule has 0 fully saturated rings. The van der Waals surface area contributed by atoms with Crippen LogP contribution in [0, 0.1) is 0 Å². The summed E-state index contributed by atoms with van der Waals surface area (Å²) < 4.78 is 1.62. The Labute approximate surface area is 103 Å². The van der Waals surface area contributed by atoms with E-state index in [2.05, 4.69) is 5.10 Å². The van der Waals surface area contributed by atoms with Crippen LogP contribution >= 0.6 is 0 Å². The van der Waals surface area contributed by atoms with Gasteiger partial charge in [-0.2, -0.15) is 5.10 Å². The molecule has 2 aromatic rings. The molecule has 0 radical (unpaired) electrons. The number of allylic oxidation sites excluding steroid dienone is 1. The van der Waals surface area contributed by atoms with Crippen LogP contribution in [0.15, 0.2) is 46.9 Å². The molecule has 0 amide bonds. The number of rotatable bonds is 3. The van der Waals surface area contributed by atoms with Gasteiger partial charge in [0.05, 0.1) is 18.3 Å². The first-order chi connectivity index (χ1) is 8.58. The first kappa shape index (κ1) is 12.0. The quantitative estimate of drug-likeness (QED) is 0.829. The Morgan fingerprint density at radius 3 is 2.89 bits per heavy atom. The van der Waals surface area contributed by atoms with E-state index in [-0.39, 0.29) is 5.43 Å². The van der Waals surface area contributed by atoms with Crippen LogP contribution in [0.1, 0.15) is 6.92 Å². The number of carbonyl (C=O) groups is 1. The molecule has 92 valence electrons. The minimum absolute atomic E-state index is 0.137. The summed E-state index contributed by atoms with van der Waals surface area (Å²) in [5.74, 6) is -0.988.